The summed E-state index contributed by atoms with van der Waals surface area (Å²) in [6.45, 7) is 0. The Hall–Kier alpha value is -4.91. The molecular weight excluding hydrogens is 442 g/mol. The zero-order chi connectivity index (χ0) is 24.1. The number of aromatic amines is 1. The number of anilines is 1. The standard InChI is InChI=1S/C28H19N3O4/c32-18-10-5-9-17(15-18)24-23(25(33)20-12-6-8-16-7-1-2-11-19(16)20)26(34)27(35)31(24)28-29-21-13-3-4-14-22(21)30-28/h1-15,24,32-33H,(H,29,30)/b25-23+. The first kappa shape index (κ1) is 20.7. The van der Waals surface area contributed by atoms with E-state index in [-0.39, 0.29) is 23.0 Å². The van der Waals surface area contributed by atoms with Crippen molar-refractivity contribution in [1.82, 2.24) is 9.97 Å². The summed E-state index contributed by atoms with van der Waals surface area (Å²) < 4.78 is 0. The molecular formula is C28H19N3O4. The van der Waals surface area contributed by atoms with Crippen LogP contribution in [-0.2, 0) is 9.59 Å². The average molecular weight is 461 g/mol. The van der Waals surface area contributed by atoms with Gasteiger partial charge in [-0.1, -0.05) is 66.7 Å². The molecule has 1 aromatic heterocycles. The molecule has 4 aromatic carbocycles. The van der Waals surface area contributed by atoms with Gasteiger partial charge in [0, 0.05) is 5.56 Å². The van der Waals surface area contributed by atoms with Crippen LogP contribution in [0, 0.1) is 0 Å². The van der Waals surface area contributed by atoms with Crippen LogP contribution in [-0.4, -0.2) is 31.9 Å². The number of rotatable bonds is 3. The predicted molar refractivity (Wildman–Crippen MR) is 133 cm³/mol. The molecule has 0 bridgehead atoms. The molecule has 0 aliphatic carbocycles. The number of ketones is 1. The number of nitrogens with one attached hydrogen (secondary N) is 1. The highest BCUT2D eigenvalue weighted by Crippen LogP contribution is 2.43. The number of H-pyrrole nitrogens is 1. The lowest BCUT2D eigenvalue weighted by molar-refractivity contribution is -0.132. The Labute approximate surface area is 199 Å². The average Bonchev–Trinajstić information content (AvgIpc) is 3.41. The highest BCUT2D eigenvalue weighted by Gasteiger charge is 2.48. The monoisotopic (exact) mass is 461 g/mol. The third-order valence-electron chi connectivity index (χ3n) is 6.28. The van der Waals surface area contributed by atoms with Crippen LogP contribution in [0.4, 0.5) is 5.95 Å². The number of aromatic nitrogens is 2. The van der Waals surface area contributed by atoms with Crippen molar-refractivity contribution < 1.29 is 19.8 Å². The summed E-state index contributed by atoms with van der Waals surface area (Å²) in [6.07, 6.45) is 0. The Bertz CT molecular complexity index is 1650. The van der Waals surface area contributed by atoms with E-state index < -0.39 is 17.7 Å². The Morgan fingerprint density at radius 3 is 2.46 bits per heavy atom. The Kier molecular flexibility index (Phi) is 4.64. The number of Topliss-reactive ketones (excluding diaryl/α,β-unsaturated/α-hetero) is 1. The molecule has 1 aliphatic rings. The van der Waals surface area contributed by atoms with Crippen LogP contribution in [0.5, 0.6) is 5.75 Å². The molecule has 6 rings (SSSR count). The minimum absolute atomic E-state index is 0.0251. The van der Waals surface area contributed by atoms with Crippen molar-refractivity contribution >= 4 is 45.2 Å². The molecule has 1 saturated heterocycles. The number of carbonyl (C=O) groups is 2. The largest absolute Gasteiger partial charge is 0.508 e. The maximum absolute atomic E-state index is 13.4. The first-order valence-corrected chi connectivity index (χ1v) is 11.1. The number of phenolic OH excluding ortho intramolecular Hbond substituents is 1. The number of hydrogen-bond donors (Lipinski definition) is 3. The third-order valence-corrected chi connectivity index (χ3v) is 6.28. The van der Waals surface area contributed by atoms with Crippen LogP contribution in [0.3, 0.4) is 0 Å². The first-order chi connectivity index (χ1) is 17.0. The molecule has 0 saturated carbocycles. The van der Waals surface area contributed by atoms with Gasteiger partial charge in [0.2, 0.25) is 5.95 Å². The fraction of sp³-hybridized carbons (Fsp3) is 0.0357. The summed E-state index contributed by atoms with van der Waals surface area (Å²) in [4.78, 5) is 35.7. The van der Waals surface area contributed by atoms with Gasteiger partial charge in [0.1, 0.15) is 11.5 Å². The van der Waals surface area contributed by atoms with E-state index in [4.69, 9.17) is 0 Å². The number of fused-ring (bicyclic) bond motifs is 2. The predicted octanol–water partition coefficient (Wildman–Crippen LogP) is 5.05. The van der Waals surface area contributed by atoms with E-state index in [2.05, 4.69) is 9.97 Å². The van der Waals surface area contributed by atoms with Gasteiger partial charge in [-0.15, -0.1) is 0 Å². The lowest BCUT2D eigenvalue weighted by atomic mass is 9.93. The molecule has 1 unspecified atom stereocenters. The summed E-state index contributed by atoms with van der Waals surface area (Å²) in [5.41, 5.74) is 2.17. The third kappa shape index (κ3) is 3.25. The van der Waals surface area contributed by atoms with Gasteiger partial charge in [0.15, 0.2) is 0 Å². The van der Waals surface area contributed by atoms with Crippen molar-refractivity contribution in [1.29, 1.82) is 0 Å². The molecule has 1 aliphatic heterocycles. The number of aliphatic hydroxyl groups is 1. The van der Waals surface area contributed by atoms with Crippen molar-refractivity contribution in [2.75, 3.05) is 4.90 Å². The molecule has 7 nitrogen and oxygen atoms in total. The maximum atomic E-state index is 13.4. The molecule has 1 amide bonds. The van der Waals surface area contributed by atoms with Crippen LogP contribution in [0.25, 0.3) is 27.6 Å². The second kappa shape index (κ2) is 7.85. The van der Waals surface area contributed by atoms with E-state index in [1.165, 1.54) is 17.0 Å². The minimum Gasteiger partial charge on any atom is -0.508 e. The topological polar surface area (TPSA) is 107 Å². The van der Waals surface area contributed by atoms with Gasteiger partial charge >= 0.3 is 5.91 Å². The Balaban J connectivity index is 1.62. The number of nitrogens with zero attached hydrogens (tertiary/aromatic N) is 2. The smallest absolute Gasteiger partial charge is 0.302 e. The quantitative estimate of drug-likeness (QED) is 0.198. The Morgan fingerprint density at radius 2 is 1.63 bits per heavy atom. The van der Waals surface area contributed by atoms with Crippen LogP contribution >= 0.6 is 0 Å². The lowest BCUT2D eigenvalue weighted by Crippen LogP contribution is -2.30. The molecule has 7 heteroatoms. The molecule has 5 aromatic rings. The van der Waals surface area contributed by atoms with Gasteiger partial charge < -0.3 is 15.2 Å². The first-order valence-electron chi connectivity index (χ1n) is 11.1. The van der Waals surface area contributed by atoms with Gasteiger partial charge in [-0.25, -0.2) is 4.98 Å². The van der Waals surface area contributed by atoms with Crippen LogP contribution in [0.15, 0.2) is 96.6 Å². The molecule has 35 heavy (non-hydrogen) atoms. The van der Waals surface area contributed by atoms with Crippen molar-refractivity contribution in [3.8, 4) is 5.75 Å². The second-order valence-corrected chi connectivity index (χ2v) is 8.37. The van der Waals surface area contributed by atoms with Crippen molar-refractivity contribution in [3.63, 3.8) is 0 Å². The zero-order valence-electron chi connectivity index (χ0n) is 18.3. The number of benzene rings is 4. The van der Waals surface area contributed by atoms with E-state index in [0.717, 1.165) is 10.8 Å². The molecule has 1 atom stereocenters. The fourth-order valence-electron chi connectivity index (χ4n) is 4.69. The maximum Gasteiger partial charge on any atom is 0.302 e. The van der Waals surface area contributed by atoms with Gasteiger partial charge in [-0.05, 0) is 40.6 Å². The fourth-order valence-corrected chi connectivity index (χ4v) is 4.69. The van der Waals surface area contributed by atoms with E-state index in [1.54, 1.807) is 30.3 Å². The number of hydrogen-bond acceptors (Lipinski definition) is 5. The minimum atomic E-state index is -0.998. The molecule has 2 heterocycles. The van der Waals surface area contributed by atoms with Crippen molar-refractivity contribution in [2.24, 2.45) is 0 Å². The zero-order valence-corrected chi connectivity index (χ0v) is 18.3. The number of phenols is 1. The Morgan fingerprint density at radius 1 is 0.886 bits per heavy atom. The van der Waals surface area contributed by atoms with E-state index in [9.17, 15) is 19.8 Å². The van der Waals surface area contributed by atoms with Crippen LogP contribution in [0.1, 0.15) is 17.2 Å². The van der Waals surface area contributed by atoms with Crippen molar-refractivity contribution in [3.05, 3.63) is 108 Å². The molecule has 1 fully saturated rings. The lowest BCUT2D eigenvalue weighted by Gasteiger charge is -2.23. The molecule has 0 spiro atoms. The number of amides is 1. The summed E-state index contributed by atoms with van der Waals surface area (Å²) in [5.74, 6) is -1.78. The highest BCUT2D eigenvalue weighted by atomic mass is 16.3. The molecule has 3 N–H and O–H groups in total. The van der Waals surface area contributed by atoms with Gasteiger partial charge in [-0.2, -0.15) is 0 Å². The van der Waals surface area contributed by atoms with E-state index >= 15 is 0 Å². The normalized spacial score (nSPS) is 17.5. The number of aromatic hydroxyl groups is 1. The second-order valence-electron chi connectivity index (χ2n) is 8.37. The SMILES string of the molecule is O=C1C(=O)N(c2nc3ccccc3[nH]2)C(c2cccc(O)c2)/C1=C(\O)c1cccc2ccccc12. The summed E-state index contributed by atoms with van der Waals surface area (Å²) in [5, 5.41) is 23.3. The molecule has 170 valence electrons. The number of carbonyl (C=O) groups excluding carboxylic acids is 2. The number of para-hydroxylation sites is 2. The van der Waals surface area contributed by atoms with Gasteiger partial charge in [0.05, 0.1) is 22.6 Å². The summed E-state index contributed by atoms with van der Waals surface area (Å²) >= 11 is 0. The highest BCUT2D eigenvalue weighted by molar-refractivity contribution is 6.51. The summed E-state index contributed by atoms with van der Waals surface area (Å²) in [6, 6.07) is 25.5. The van der Waals surface area contributed by atoms with Crippen LogP contribution in [0.2, 0.25) is 0 Å². The van der Waals surface area contributed by atoms with Crippen molar-refractivity contribution in [2.45, 2.75) is 6.04 Å². The number of imidazole rings is 1. The van der Waals surface area contributed by atoms with E-state index in [1.807, 2.05) is 48.5 Å². The van der Waals surface area contributed by atoms with Crippen LogP contribution < -0.4 is 4.90 Å². The number of aliphatic hydroxyl groups excluding tert-OH is 1. The van der Waals surface area contributed by atoms with E-state index in [0.29, 0.717) is 22.2 Å². The summed E-state index contributed by atoms with van der Waals surface area (Å²) in [7, 11) is 0. The van der Waals surface area contributed by atoms with Gasteiger partial charge in [0.25, 0.3) is 5.78 Å². The molecule has 0 radical (unpaired) electrons. The van der Waals surface area contributed by atoms with Gasteiger partial charge in [-0.3, -0.25) is 14.5 Å².